The number of hydrogen-bond acceptors (Lipinski definition) is 2. The van der Waals surface area contributed by atoms with E-state index in [0.29, 0.717) is 12.8 Å². The van der Waals surface area contributed by atoms with Gasteiger partial charge in [-0.3, -0.25) is 4.79 Å². The van der Waals surface area contributed by atoms with Gasteiger partial charge < -0.3 is 5.32 Å². The summed E-state index contributed by atoms with van der Waals surface area (Å²) >= 11 is 0. The van der Waals surface area contributed by atoms with Crippen LogP contribution in [0.3, 0.4) is 0 Å². The minimum Gasteiger partial charge on any atom is -0.309 e. The standard InChI is InChI=1S/C14H15NO/c1-2-3-4-5-14(16)11-6-7-12-9-15-10-13(12)8-11/h6-8,15H,4-5,9-10H2,1H3. The maximum Gasteiger partial charge on any atom is 0.163 e. The van der Waals surface area contributed by atoms with Crippen LogP contribution >= 0.6 is 0 Å². The average Bonchev–Trinajstić information content (AvgIpc) is 2.76. The smallest absolute Gasteiger partial charge is 0.163 e. The highest BCUT2D eigenvalue weighted by Crippen LogP contribution is 2.18. The summed E-state index contributed by atoms with van der Waals surface area (Å²) in [5, 5.41) is 3.27. The Balaban J connectivity index is 2.08. The largest absolute Gasteiger partial charge is 0.309 e. The third-order valence-corrected chi connectivity index (χ3v) is 2.81. The molecule has 0 aliphatic carbocycles. The van der Waals surface area contributed by atoms with Gasteiger partial charge in [0.2, 0.25) is 0 Å². The molecule has 1 heterocycles. The van der Waals surface area contributed by atoms with Crippen molar-refractivity contribution < 1.29 is 4.79 Å². The number of ketones is 1. The second kappa shape index (κ2) is 4.96. The fraction of sp³-hybridized carbons (Fsp3) is 0.357. The van der Waals surface area contributed by atoms with Crippen LogP contribution in [0.2, 0.25) is 0 Å². The van der Waals surface area contributed by atoms with Crippen LogP contribution < -0.4 is 5.32 Å². The summed E-state index contributed by atoms with van der Waals surface area (Å²) in [6, 6.07) is 5.98. The SMILES string of the molecule is CC#CCCC(=O)c1ccc2c(c1)CNC2. The van der Waals surface area contributed by atoms with E-state index in [9.17, 15) is 4.79 Å². The van der Waals surface area contributed by atoms with Gasteiger partial charge in [-0.15, -0.1) is 11.8 Å². The first kappa shape index (κ1) is 10.9. The summed E-state index contributed by atoms with van der Waals surface area (Å²) in [5.74, 6) is 5.91. The molecule has 82 valence electrons. The van der Waals surface area contributed by atoms with Crippen LogP contribution in [0, 0.1) is 11.8 Å². The van der Waals surface area contributed by atoms with Gasteiger partial charge in [-0.1, -0.05) is 12.1 Å². The van der Waals surface area contributed by atoms with Crippen molar-refractivity contribution in [2.24, 2.45) is 0 Å². The van der Waals surface area contributed by atoms with E-state index in [1.54, 1.807) is 6.92 Å². The van der Waals surface area contributed by atoms with Gasteiger partial charge in [-0.25, -0.2) is 0 Å². The molecule has 16 heavy (non-hydrogen) atoms. The molecule has 1 aliphatic rings. The van der Waals surface area contributed by atoms with Gasteiger partial charge in [-0.2, -0.15) is 0 Å². The van der Waals surface area contributed by atoms with E-state index in [0.717, 1.165) is 18.7 Å². The molecule has 0 atom stereocenters. The number of hydrogen-bond donors (Lipinski definition) is 1. The topological polar surface area (TPSA) is 29.1 Å². The van der Waals surface area contributed by atoms with E-state index >= 15 is 0 Å². The van der Waals surface area contributed by atoms with Crippen molar-refractivity contribution in [1.29, 1.82) is 0 Å². The molecule has 2 rings (SSSR count). The van der Waals surface area contributed by atoms with Crippen LogP contribution in [0.15, 0.2) is 18.2 Å². The maximum absolute atomic E-state index is 11.8. The van der Waals surface area contributed by atoms with Crippen molar-refractivity contribution in [1.82, 2.24) is 5.32 Å². The van der Waals surface area contributed by atoms with Gasteiger partial charge in [-0.05, 0) is 24.1 Å². The normalized spacial score (nSPS) is 12.8. The Bertz CT molecular complexity index is 465. The van der Waals surface area contributed by atoms with Gasteiger partial charge >= 0.3 is 0 Å². The van der Waals surface area contributed by atoms with Gasteiger partial charge in [0.25, 0.3) is 0 Å². The lowest BCUT2D eigenvalue weighted by Crippen LogP contribution is -2.00. The van der Waals surface area contributed by atoms with Crippen molar-refractivity contribution in [2.45, 2.75) is 32.9 Å². The summed E-state index contributed by atoms with van der Waals surface area (Å²) < 4.78 is 0. The summed E-state index contributed by atoms with van der Waals surface area (Å²) in [6.45, 7) is 3.60. The predicted octanol–water partition coefficient (Wildman–Crippen LogP) is 2.28. The average molecular weight is 213 g/mol. The molecule has 0 fully saturated rings. The monoisotopic (exact) mass is 213 g/mol. The Kier molecular flexibility index (Phi) is 3.38. The van der Waals surface area contributed by atoms with Crippen molar-refractivity contribution in [3.63, 3.8) is 0 Å². The summed E-state index contributed by atoms with van der Waals surface area (Å²) in [6.07, 6.45) is 1.18. The Morgan fingerprint density at radius 3 is 3.00 bits per heavy atom. The molecule has 0 radical (unpaired) electrons. The van der Waals surface area contributed by atoms with E-state index in [1.807, 2.05) is 18.2 Å². The van der Waals surface area contributed by atoms with Crippen LogP contribution in [0.4, 0.5) is 0 Å². The van der Waals surface area contributed by atoms with Crippen LogP contribution in [0.25, 0.3) is 0 Å². The first-order valence-corrected chi connectivity index (χ1v) is 5.56. The molecule has 1 aromatic carbocycles. The fourth-order valence-corrected chi connectivity index (χ4v) is 1.91. The number of benzene rings is 1. The molecule has 0 amide bonds. The summed E-state index contributed by atoms with van der Waals surface area (Å²) in [5.41, 5.74) is 3.39. The third kappa shape index (κ3) is 2.32. The number of nitrogens with one attached hydrogen (secondary N) is 1. The molecule has 1 aliphatic heterocycles. The lowest BCUT2D eigenvalue weighted by atomic mass is 10.0. The maximum atomic E-state index is 11.8. The zero-order chi connectivity index (χ0) is 11.4. The van der Waals surface area contributed by atoms with Crippen LogP contribution in [-0.2, 0) is 13.1 Å². The highest BCUT2D eigenvalue weighted by Gasteiger charge is 2.12. The Hall–Kier alpha value is -1.59. The molecule has 0 aromatic heterocycles. The van der Waals surface area contributed by atoms with E-state index in [1.165, 1.54) is 11.1 Å². The molecule has 0 saturated carbocycles. The van der Waals surface area contributed by atoms with Gasteiger partial charge in [0.05, 0.1) is 0 Å². The van der Waals surface area contributed by atoms with Crippen molar-refractivity contribution in [3.05, 3.63) is 34.9 Å². The minimum atomic E-state index is 0.192. The number of rotatable bonds is 3. The highest BCUT2D eigenvalue weighted by atomic mass is 16.1. The second-order valence-corrected chi connectivity index (χ2v) is 3.94. The van der Waals surface area contributed by atoms with Gasteiger partial charge in [0.15, 0.2) is 5.78 Å². The van der Waals surface area contributed by atoms with E-state index in [2.05, 4.69) is 17.2 Å². The number of carbonyl (C=O) groups is 1. The van der Waals surface area contributed by atoms with Crippen LogP contribution in [0.1, 0.15) is 41.3 Å². The van der Waals surface area contributed by atoms with Crippen LogP contribution in [0.5, 0.6) is 0 Å². The van der Waals surface area contributed by atoms with Crippen molar-refractivity contribution in [2.75, 3.05) is 0 Å². The Labute approximate surface area is 96.1 Å². The lowest BCUT2D eigenvalue weighted by molar-refractivity contribution is 0.0984. The summed E-state index contributed by atoms with van der Waals surface area (Å²) in [7, 11) is 0. The number of carbonyl (C=O) groups excluding carboxylic acids is 1. The zero-order valence-electron chi connectivity index (χ0n) is 9.47. The van der Waals surface area contributed by atoms with Crippen LogP contribution in [-0.4, -0.2) is 5.78 Å². The molecule has 1 aromatic rings. The first-order chi connectivity index (χ1) is 7.81. The van der Waals surface area contributed by atoms with Gasteiger partial charge in [0.1, 0.15) is 0 Å². The highest BCUT2D eigenvalue weighted by molar-refractivity contribution is 5.96. The summed E-state index contributed by atoms with van der Waals surface area (Å²) in [4.78, 5) is 11.8. The number of Topliss-reactive ketones (excluding diaryl/α,β-unsaturated/α-hetero) is 1. The fourth-order valence-electron chi connectivity index (χ4n) is 1.91. The first-order valence-electron chi connectivity index (χ1n) is 5.56. The molecule has 0 unspecified atom stereocenters. The van der Waals surface area contributed by atoms with Crippen molar-refractivity contribution in [3.8, 4) is 11.8 Å². The van der Waals surface area contributed by atoms with Gasteiger partial charge in [0, 0.05) is 31.5 Å². The molecule has 1 N–H and O–H groups in total. The molecule has 0 spiro atoms. The quantitative estimate of drug-likeness (QED) is 0.616. The Morgan fingerprint density at radius 2 is 2.19 bits per heavy atom. The molecule has 0 bridgehead atoms. The van der Waals surface area contributed by atoms with E-state index in [4.69, 9.17) is 0 Å². The molecule has 2 heteroatoms. The minimum absolute atomic E-state index is 0.192. The second-order valence-electron chi connectivity index (χ2n) is 3.94. The predicted molar refractivity (Wildman–Crippen MR) is 64.0 cm³/mol. The number of fused-ring (bicyclic) bond motifs is 1. The molecular weight excluding hydrogens is 198 g/mol. The van der Waals surface area contributed by atoms with E-state index in [-0.39, 0.29) is 5.78 Å². The molecule has 0 saturated heterocycles. The van der Waals surface area contributed by atoms with Crippen molar-refractivity contribution >= 4 is 5.78 Å². The lowest BCUT2D eigenvalue weighted by Gasteiger charge is -2.02. The molecular formula is C14H15NO. The molecule has 2 nitrogen and oxygen atoms in total. The Morgan fingerprint density at radius 1 is 1.38 bits per heavy atom. The zero-order valence-corrected chi connectivity index (χ0v) is 9.47. The third-order valence-electron chi connectivity index (χ3n) is 2.81. The van der Waals surface area contributed by atoms with E-state index < -0.39 is 0 Å².